The third kappa shape index (κ3) is 3.82. The standard InChI is InChI=1S/C17H19N3O2S/c1-17(2)9-12-15(13(21)10-17)23-16(19-12)20-14(22)4-3-11-5-7-18-8-6-11/h5-8H,3-4,9-10H2,1-2H3,(H,19,20,22). The molecule has 0 saturated heterocycles. The minimum absolute atomic E-state index is 0.0548. The van der Waals surface area contributed by atoms with E-state index >= 15 is 0 Å². The van der Waals surface area contributed by atoms with Crippen molar-refractivity contribution in [2.24, 2.45) is 5.41 Å². The van der Waals surface area contributed by atoms with E-state index in [9.17, 15) is 9.59 Å². The fourth-order valence-corrected chi connectivity index (χ4v) is 3.70. The van der Waals surface area contributed by atoms with E-state index in [2.05, 4.69) is 29.1 Å². The van der Waals surface area contributed by atoms with Crippen LogP contribution in [0.2, 0.25) is 0 Å². The Kier molecular flexibility index (Phi) is 4.26. The number of hydrogen-bond donors (Lipinski definition) is 1. The van der Waals surface area contributed by atoms with Crippen LogP contribution in [0.4, 0.5) is 5.13 Å². The van der Waals surface area contributed by atoms with Crippen LogP contribution in [0.25, 0.3) is 0 Å². The van der Waals surface area contributed by atoms with Crippen molar-refractivity contribution in [3.05, 3.63) is 40.7 Å². The highest BCUT2D eigenvalue weighted by atomic mass is 32.1. The molecule has 0 unspecified atom stereocenters. The number of Topliss-reactive ketones (excluding diaryl/α,β-unsaturated/α-hetero) is 1. The Bertz CT molecular complexity index is 738. The predicted octanol–water partition coefficient (Wildman–Crippen LogP) is 3.26. The number of fused-ring (bicyclic) bond motifs is 1. The number of anilines is 1. The second-order valence-corrected chi connectivity index (χ2v) is 7.64. The summed E-state index contributed by atoms with van der Waals surface area (Å²) < 4.78 is 0. The third-order valence-electron chi connectivity index (χ3n) is 3.87. The van der Waals surface area contributed by atoms with Gasteiger partial charge in [0.05, 0.1) is 10.6 Å². The fourth-order valence-electron chi connectivity index (χ4n) is 2.76. The van der Waals surface area contributed by atoms with Crippen LogP contribution in [0.1, 0.15) is 47.6 Å². The first kappa shape index (κ1) is 15.8. The van der Waals surface area contributed by atoms with Crippen LogP contribution >= 0.6 is 11.3 Å². The van der Waals surface area contributed by atoms with Crippen molar-refractivity contribution in [1.82, 2.24) is 9.97 Å². The molecule has 0 bridgehead atoms. The van der Waals surface area contributed by atoms with E-state index in [1.54, 1.807) is 12.4 Å². The second kappa shape index (κ2) is 6.20. The lowest BCUT2D eigenvalue weighted by Gasteiger charge is -2.26. The third-order valence-corrected chi connectivity index (χ3v) is 4.93. The molecule has 2 aromatic heterocycles. The van der Waals surface area contributed by atoms with Crippen molar-refractivity contribution < 1.29 is 9.59 Å². The summed E-state index contributed by atoms with van der Waals surface area (Å²) in [4.78, 5) is 33.3. The molecule has 1 aliphatic carbocycles. The first-order valence-corrected chi connectivity index (χ1v) is 8.46. The van der Waals surface area contributed by atoms with E-state index in [0.29, 0.717) is 29.3 Å². The number of amides is 1. The Balaban J connectivity index is 1.63. The number of aromatic nitrogens is 2. The summed E-state index contributed by atoms with van der Waals surface area (Å²) in [6.45, 7) is 4.14. The summed E-state index contributed by atoms with van der Waals surface area (Å²) in [7, 11) is 0. The Morgan fingerprint density at radius 1 is 1.30 bits per heavy atom. The van der Waals surface area contributed by atoms with Gasteiger partial charge >= 0.3 is 0 Å². The maximum atomic E-state index is 12.2. The van der Waals surface area contributed by atoms with Crippen molar-refractivity contribution in [2.75, 3.05) is 5.32 Å². The van der Waals surface area contributed by atoms with Crippen LogP contribution in [0, 0.1) is 5.41 Å². The number of pyridine rings is 1. The van der Waals surface area contributed by atoms with E-state index in [-0.39, 0.29) is 17.1 Å². The lowest BCUT2D eigenvalue weighted by molar-refractivity contribution is -0.116. The molecule has 1 aliphatic rings. The first-order chi connectivity index (χ1) is 10.9. The van der Waals surface area contributed by atoms with Crippen molar-refractivity contribution in [1.29, 1.82) is 0 Å². The van der Waals surface area contributed by atoms with E-state index in [1.165, 1.54) is 11.3 Å². The number of ketones is 1. The predicted molar refractivity (Wildman–Crippen MR) is 89.7 cm³/mol. The first-order valence-electron chi connectivity index (χ1n) is 7.65. The van der Waals surface area contributed by atoms with Gasteiger partial charge in [-0.1, -0.05) is 25.2 Å². The number of aryl methyl sites for hydroxylation is 1. The molecule has 1 N–H and O–H groups in total. The summed E-state index contributed by atoms with van der Waals surface area (Å²) in [6, 6.07) is 3.80. The number of nitrogens with one attached hydrogen (secondary N) is 1. The van der Waals surface area contributed by atoms with E-state index in [1.807, 2.05) is 12.1 Å². The van der Waals surface area contributed by atoms with Crippen LogP contribution in [0.15, 0.2) is 24.5 Å². The molecule has 23 heavy (non-hydrogen) atoms. The van der Waals surface area contributed by atoms with Crippen LogP contribution in [0.3, 0.4) is 0 Å². The minimum Gasteiger partial charge on any atom is -0.302 e. The summed E-state index contributed by atoms with van der Waals surface area (Å²) in [6.07, 6.45) is 5.79. The molecule has 120 valence electrons. The van der Waals surface area contributed by atoms with Crippen LogP contribution in [-0.4, -0.2) is 21.7 Å². The van der Waals surface area contributed by atoms with Crippen molar-refractivity contribution >= 4 is 28.2 Å². The largest absolute Gasteiger partial charge is 0.302 e. The molecule has 0 spiro atoms. The summed E-state index contributed by atoms with van der Waals surface area (Å²) in [5, 5.41) is 3.35. The number of hydrogen-bond acceptors (Lipinski definition) is 5. The normalized spacial score (nSPS) is 16.0. The van der Waals surface area contributed by atoms with Gasteiger partial charge in [0.15, 0.2) is 10.9 Å². The second-order valence-electron chi connectivity index (χ2n) is 6.64. The summed E-state index contributed by atoms with van der Waals surface area (Å²) in [5.41, 5.74) is 1.84. The molecule has 0 radical (unpaired) electrons. The molecule has 0 aromatic carbocycles. The Hall–Kier alpha value is -2.08. The van der Waals surface area contributed by atoms with E-state index in [4.69, 9.17) is 0 Å². The van der Waals surface area contributed by atoms with Gasteiger partial charge in [-0.05, 0) is 36.0 Å². The van der Waals surface area contributed by atoms with Gasteiger partial charge in [0.25, 0.3) is 0 Å². The highest BCUT2D eigenvalue weighted by molar-refractivity contribution is 7.17. The van der Waals surface area contributed by atoms with Gasteiger partial charge in [-0.2, -0.15) is 0 Å². The average molecular weight is 329 g/mol. The number of thiazole rings is 1. The molecule has 3 rings (SSSR count). The molecule has 2 aromatic rings. The zero-order valence-corrected chi connectivity index (χ0v) is 14.1. The molecule has 5 nitrogen and oxygen atoms in total. The van der Waals surface area contributed by atoms with Crippen molar-refractivity contribution in [3.63, 3.8) is 0 Å². The van der Waals surface area contributed by atoms with Gasteiger partial charge in [0, 0.05) is 25.2 Å². The molecule has 0 saturated carbocycles. The number of carbonyl (C=O) groups is 2. The topological polar surface area (TPSA) is 72.0 Å². The molecule has 0 atom stereocenters. The quantitative estimate of drug-likeness (QED) is 0.934. The minimum atomic E-state index is -0.0837. The number of carbonyl (C=O) groups excluding carboxylic acids is 2. The summed E-state index contributed by atoms with van der Waals surface area (Å²) in [5.74, 6) is 0.0469. The van der Waals surface area contributed by atoms with E-state index < -0.39 is 0 Å². The zero-order chi connectivity index (χ0) is 16.4. The molecule has 1 amide bonds. The monoisotopic (exact) mass is 329 g/mol. The Labute approximate surface area is 139 Å². The van der Waals surface area contributed by atoms with Gasteiger partial charge < -0.3 is 5.32 Å². The Morgan fingerprint density at radius 2 is 2.04 bits per heavy atom. The maximum Gasteiger partial charge on any atom is 0.226 e. The van der Waals surface area contributed by atoms with Crippen molar-refractivity contribution in [2.45, 2.75) is 39.5 Å². The highest BCUT2D eigenvalue weighted by Gasteiger charge is 2.34. The van der Waals surface area contributed by atoms with Crippen LogP contribution in [0.5, 0.6) is 0 Å². The Morgan fingerprint density at radius 3 is 2.78 bits per heavy atom. The van der Waals surface area contributed by atoms with Crippen molar-refractivity contribution in [3.8, 4) is 0 Å². The number of rotatable bonds is 4. The van der Waals surface area contributed by atoms with Gasteiger partial charge in [0.2, 0.25) is 5.91 Å². The molecule has 6 heteroatoms. The lowest BCUT2D eigenvalue weighted by Crippen LogP contribution is -2.26. The lowest BCUT2D eigenvalue weighted by atomic mass is 9.78. The molecular formula is C17H19N3O2S. The smallest absolute Gasteiger partial charge is 0.226 e. The maximum absolute atomic E-state index is 12.2. The fraction of sp³-hybridized carbons (Fsp3) is 0.412. The van der Waals surface area contributed by atoms with Crippen LogP contribution in [-0.2, 0) is 17.6 Å². The van der Waals surface area contributed by atoms with Gasteiger partial charge in [-0.15, -0.1) is 0 Å². The zero-order valence-electron chi connectivity index (χ0n) is 13.3. The average Bonchev–Trinajstić information content (AvgIpc) is 2.87. The van der Waals surface area contributed by atoms with Crippen LogP contribution < -0.4 is 5.32 Å². The SMILES string of the molecule is CC1(C)CC(=O)c2sc(NC(=O)CCc3ccncc3)nc2C1. The summed E-state index contributed by atoms with van der Waals surface area (Å²) >= 11 is 1.29. The van der Waals surface area contributed by atoms with Gasteiger partial charge in [-0.3, -0.25) is 14.6 Å². The van der Waals surface area contributed by atoms with Gasteiger partial charge in [0.1, 0.15) is 0 Å². The van der Waals surface area contributed by atoms with Gasteiger partial charge in [-0.25, -0.2) is 4.98 Å². The highest BCUT2D eigenvalue weighted by Crippen LogP contribution is 2.38. The molecule has 2 heterocycles. The molecule has 0 aliphatic heterocycles. The number of nitrogens with zero attached hydrogens (tertiary/aromatic N) is 2. The molecule has 0 fully saturated rings. The van der Waals surface area contributed by atoms with E-state index in [0.717, 1.165) is 17.7 Å². The molecular weight excluding hydrogens is 310 g/mol.